The summed E-state index contributed by atoms with van der Waals surface area (Å²) in [6.45, 7) is 3.32. The number of methoxy groups -OCH3 is 2. The van der Waals surface area contributed by atoms with Crippen molar-refractivity contribution in [3.8, 4) is 11.9 Å². The van der Waals surface area contributed by atoms with Crippen LogP contribution in [0.5, 0.6) is 0 Å². The molecule has 0 aliphatic carbocycles. The van der Waals surface area contributed by atoms with Crippen molar-refractivity contribution in [2.24, 2.45) is 34.6 Å². The Hall–Kier alpha value is -6.41. The van der Waals surface area contributed by atoms with Crippen molar-refractivity contribution < 1.29 is 19.1 Å². The fraction of sp³-hybridized carbons (Fsp3) is 0.261. The molecule has 5 heterocycles. The smallest absolute Gasteiger partial charge is 0.343 e. The fourth-order valence-electron chi connectivity index (χ4n) is 3.91. The number of carbonyl (C=O) groups excluding carboxylic acids is 2. The molecule has 0 spiro atoms. The largest absolute Gasteiger partial charge is 0.465 e. The third-order valence-corrected chi connectivity index (χ3v) is 6.17. The number of rotatable bonds is 8. The van der Waals surface area contributed by atoms with Crippen LogP contribution in [0.2, 0.25) is 0 Å². The highest BCUT2D eigenvalue weighted by molar-refractivity contribution is 5.94. The summed E-state index contributed by atoms with van der Waals surface area (Å²) in [5, 5.41) is 33.5. The highest BCUT2D eigenvalue weighted by Crippen LogP contribution is 2.32. The topological polar surface area (TPSA) is 264 Å². The van der Waals surface area contributed by atoms with Gasteiger partial charge < -0.3 is 20.9 Å². The molecule has 0 aromatic carbocycles. The molecule has 0 aliphatic heterocycles. The van der Waals surface area contributed by atoms with Crippen LogP contribution in [0.25, 0.3) is 11.9 Å². The Labute approximate surface area is 247 Å². The lowest BCUT2D eigenvalue weighted by Gasteiger charge is -2.05. The summed E-state index contributed by atoms with van der Waals surface area (Å²) in [6, 6.07) is 0. The number of carbonyl (C=O) groups is 2. The van der Waals surface area contributed by atoms with Gasteiger partial charge in [0, 0.05) is 14.1 Å². The molecule has 0 unspecified atom stereocenters. The molecule has 0 saturated carbocycles. The number of aryl methyl sites for hydroxylation is 4. The Balaban J connectivity index is 1.47. The average molecular weight is 604 g/mol. The summed E-state index contributed by atoms with van der Waals surface area (Å²) in [4.78, 5) is 36.8. The standard InChI is InChI=1S/C23H25N17O4/c1-10-14(31-33-18-12(20(41)43-5)7-28-37(18)3)16(24)39(35-10)22-26-9-27-23(30-22)40-17(25)15(11(2)36-40)32-34-19-13(21(42)44-6)8-29-38(19)4/h7-9H,24-25H2,1-6H3. The predicted molar refractivity (Wildman–Crippen MR) is 150 cm³/mol. The van der Waals surface area contributed by atoms with Crippen LogP contribution in [0, 0.1) is 13.8 Å². The summed E-state index contributed by atoms with van der Waals surface area (Å²) >= 11 is 0. The van der Waals surface area contributed by atoms with Gasteiger partial charge in [-0.2, -0.15) is 44.7 Å². The molecule has 226 valence electrons. The number of aromatic nitrogens is 11. The van der Waals surface area contributed by atoms with Crippen molar-refractivity contribution in [2.75, 3.05) is 25.7 Å². The molecular weight excluding hydrogens is 578 g/mol. The van der Waals surface area contributed by atoms with Gasteiger partial charge in [0.25, 0.3) is 11.9 Å². The Kier molecular flexibility index (Phi) is 7.58. The Morgan fingerprint density at radius 1 is 0.727 bits per heavy atom. The zero-order valence-electron chi connectivity index (χ0n) is 24.2. The van der Waals surface area contributed by atoms with Crippen molar-refractivity contribution in [1.29, 1.82) is 0 Å². The Bertz CT molecular complexity index is 1820. The molecule has 5 aromatic rings. The van der Waals surface area contributed by atoms with Gasteiger partial charge in [0.1, 0.15) is 17.5 Å². The van der Waals surface area contributed by atoms with Crippen molar-refractivity contribution in [3.05, 3.63) is 41.2 Å². The Morgan fingerprint density at radius 3 is 1.52 bits per heavy atom. The molecule has 0 atom stereocenters. The van der Waals surface area contributed by atoms with E-state index in [9.17, 15) is 9.59 Å². The normalized spacial score (nSPS) is 11.6. The number of anilines is 2. The molecule has 0 radical (unpaired) electrons. The second-order valence-electron chi connectivity index (χ2n) is 8.94. The van der Waals surface area contributed by atoms with Gasteiger partial charge in [-0.15, -0.1) is 20.5 Å². The number of esters is 2. The van der Waals surface area contributed by atoms with E-state index in [0.717, 1.165) is 0 Å². The van der Waals surface area contributed by atoms with Crippen molar-refractivity contribution in [2.45, 2.75) is 13.8 Å². The highest BCUT2D eigenvalue weighted by Gasteiger charge is 2.22. The van der Waals surface area contributed by atoms with Crippen LogP contribution in [-0.4, -0.2) is 80.2 Å². The van der Waals surface area contributed by atoms with Crippen LogP contribution < -0.4 is 11.5 Å². The molecule has 0 saturated heterocycles. The third kappa shape index (κ3) is 5.08. The van der Waals surface area contributed by atoms with Gasteiger partial charge in [-0.3, -0.25) is 0 Å². The van der Waals surface area contributed by atoms with Crippen LogP contribution in [0.3, 0.4) is 0 Å². The minimum atomic E-state index is -0.620. The predicted octanol–water partition coefficient (Wildman–Crippen LogP) is 1.90. The van der Waals surface area contributed by atoms with Crippen LogP contribution >= 0.6 is 0 Å². The maximum atomic E-state index is 12.0. The van der Waals surface area contributed by atoms with Crippen molar-refractivity contribution >= 4 is 46.6 Å². The van der Waals surface area contributed by atoms with E-state index in [1.165, 1.54) is 51.7 Å². The number of hydrogen-bond donors (Lipinski definition) is 2. The first-order valence-electron chi connectivity index (χ1n) is 12.5. The molecule has 0 aliphatic rings. The number of azo groups is 2. The van der Waals surface area contributed by atoms with E-state index >= 15 is 0 Å². The molecule has 21 heteroatoms. The summed E-state index contributed by atoms with van der Waals surface area (Å²) < 4.78 is 14.7. The van der Waals surface area contributed by atoms with Gasteiger partial charge in [0.05, 0.1) is 38.0 Å². The first-order valence-corrected chi connectivity index (χ1v) is 12.5. The monoisotopic (exact) mass is 603 g/mol. The van der Waals surface area contributed by atoms with Gasteiger partial charge in [-0.25, -0.2) is 19.0 Å². The molecule has 0 amide bonds. The fourth-order valence-corrected chi connectivity index (χ4v) is 3.91. The summed E-state index contributed by atoms with van der Waals surface area (Å²) in [5.41, 5.74) is 14.2. The third-order valence-electron chi connectivity index (χ3n) is 6.17. The molecule has 21 nitrogen and oxygen atoms in total. The Morgan fingerprint density at radius 2 is 1.14 bits per heavy atom. The first-order chi connectivity index (χ1) is 21.0. The maximum Gasteiger partial charge on any atom is 0.343 e. The van der Waals surface area contributed by atoms with E-state index in [2.05, 4.69) is 55.8 Å². The van der Waals surface area contributed by atoms with Crippen LogP contribution in [0.4, 0.5) is 34.6 Å². The van der Waals surface area contributed by atoms with Crippen molar-refractivity contribution in [3.63, 3.8) is 0 Å². The van der Waals surface area contributed by atoms with Gasteiger partial charge in [0.2, 0.25) is 0 Å². The number of ether oxygens (including phenoxy) is 2. The van der Waals surface area contributed by atoms with Crippen LogP contribution in [0.1, 0.15) is 32.1 Å². The molecule has 5 aromatic heterocycles. The van der Waals surface area contributed by atoms with Gasteiger partial charge in [0.15, 0.2) is 34.6 Å². The van der Waals surface area contributed by atoms with Crippen LogP contribution in [-0.2, 0) is 23.6 Å². The first kappa shape index (κ1) is 29.1. The molecule has 4 N–H and O–H groups in total. The second kappa shape index (κ2) is 11.5. The minimum absolute atomic E-state index is 0.0289. The summed E-state index contributed by atoms with van der Waals surface area (Å²) in [5.74, 6) is -0.746. The van der Waals surface area contributed by atoms with E-state index in [1.54, 1.807) is 27.9 Å². The van der Waals surface area contributed by atoms with Gasteiger partial charge in [-0.1, -0.05) is 0 Å². The molecule has 5 rings (SSSR count). The molecular formula is C23H25N17O4. The van der Waals surface area contributed by atoms with E-state index in [4.69, 9.17) is 20.9 Å². The van der Waals surface area contributed by atoms with Gasteiger partial charge >= 0.3 is 11.9 Å². The average Bonchev–Trinajstić information content (AvgIpc) is 3.74. The lowest BCUT2D eigenvalue weighted by atomic mass is 10.3. The SMILES string of the molecule is COC(=O)c1cnn(C)c1N=Nc1c(C)nn(-c2ncnc(-n3nc(C)c(N=Nc4c(C(=O)OC)cnn4C)c3N)n2)c1N. The summed E-state index contributed by atoms with van der Waals surface area (Å²) in [7, 11) is 5.69. The minimum Gasteiger partial charge on any atom is -0.465 e. The van der Waals surface area contributed by atoms with Gasteiger partial charge in [-0.05, 0) is 13.8 Å². The van der Waals surface area contributed by atoms with Crippen molar-refractivity contribution in [1.82, 2.24) is 54.1 Å². The lowest BCUT2D eigenvalue weighted by Crippen LogP contribution is -2.12. The second-order valence-corrected chi connectivity index (χ2v) is 8.94. The molecule has 44 heavy (non-hydrogen) atoms. The van der Waals surface area contributed by atoms with E-state index < -0.39 is 11.9 Å². The highest BCUT2D eigenvalue weighted by atomic mass is 16.5. The molecule has 0 bridgehead atoms. The summed E-state index contributed by atoms with van der Waals surface area (Å²) in [6.07, 6.45) is 3.86. The maximum absolute atomic E-state index is 12.0. The van der Waals surface area contributed by atoms with E-state index in [1.807, 2.05) is 0 Å². The number of nitrogens with zero attached hydrogens (tertiary/aromatic N) is 15. The quantitative estimate of drug-likeness (QED) is 0.190. The zero-order chi connectivity index (χ0) is 31.7. The number of nitrogens with two attached hydrogens (primary N) is 2. The number of nitrogen functional groups attached to an aromatic ring is 2. The van der Waals surface area contributed by atoms with E-state index in [0.29, 0.717) is 11.4 Å². The van der Waals surface area contributed by atoms with Crippen LogP contribution in [0.15, 0.2) is 39.2 Å². The number of hydrogen-bond acceptors (Lipinski definition) is 17. The zero-order valence-corrected chi connectivity index (χ0v) is 24.2. The lowest BCUT2D eigenvalue weighted by molar-refractivity contribution is 0.0592. The molecule has 0 fully saturated rings. The van der Waals surface area contributed by atoms with E-state index in [-0.39, 0.29) is 57.7 Å².